The number of ether oxygens (including phenoxy) is 1. The van der Waals surface area contributed by atoms with E-state index in [1.165, 1.54) is 0 Å². The highest BCUT2D eigenvalue weighted by Gasteiger charge is 2.03. The second-order valence-electron chi connectivity index (χ2n) is 5.46. The largest absolute Gasteiger partial charge is 0.497 e. The van der Waals surface area contributed by atoms with Crippen LogP contribution in [0, 0.1) is 13.8 Å². The maximum atomic E-state index is 11.8. The van der Waals surface area contributed by atoms with Crippen LogP contribution in [0.5, 0.6) is 5.75 Å². The lowest BCUT2D eigenvalue weighted by Crippen LogP contribution is -2.35. The van der Waals surface area contributed by atoms with Gasteiger partial charge in [0.15, 0.2) is 0 Å². The van der Waals surface area contributed by atoms with Gasteiger partial charge in [0.2, 0.25) is 0 Å². The number of rotatable bonds is 7. The molecule has 1 aromatic heterocycles. The number of urea groups is 1. The Morgan fingerprint density at radius 3 is 2.78 bits per heavy atom. The Morgan fingerprint density at radius 2 is 2.09 bits per heavy atom. The van der Waals surface area contributed by atoms with Gasteiger partial charge in [0, 0.05) is 25.3 Å². The third kappa shape index (κ3) is 5.32. The van der Waals surface area contributed by atoms with Crippen LogP contribution in [0.15, 0.2) is 30.3 Å². The Bertz CT molecular complexity index is 652. The van der Waals surface area contributed by atoms with Gasteiger partial charge in [-0.1, -0.05) is 12.1 Å². The first-order valence-corrected chi connectivity index (χ1v) is 7.74. The number of aryl methyl sites for hydroxylation is 3. The molecule has 0 fully saturated rings. The molecule has 1 heterocycles. The number of hydrogen-bond acceptors (Lipinski definition) is 3. The first-order chi connectivity index (χ1) is 11.1. The second kappa shape index (κ2) is 8.22. The minimum atomic E-state index is -0.166. The summed E-state index contributed by atoms with van der Waals surface area (Å²) in [6.45, 7) is 5.90. The Kier molecular flexibility index (Phi) is 6.02. The average Bonchev–Trinajstić information content (AvgIpc) is 2.87. The Balaban J connectivity index is 1.66. The quantitative estimate of drug-likeness (QED) is 0.771. The van der Waals surface area contributed by atoms with Crippen LogP contribution in [0.3, 0.4) is 0 Å². The molecule has 0 aliphatic rings. The highest BCUT2D eigenvalue weighted by Crippen LogP contribution is 2.12. The molecule has 2 amide bonds. The minimum absolute atomic E-state index is 0.166. The number of carbonyl (C=O) groups excluding carboxylic acids is 1. The van der Waals surface area contributed by atoms with E-state index in [9.17, 15) is 4.79 Å². The molecular weight excluding hydrogens is 292 g/mol. The summed E-state index contributed by atoms with van der Waals surface area (Å²) < 4.78 is 7.12. The van der Waals surface area contributed by atoms with Crippen LogP contribution in [-0.2, 0) is 13.1 Å². The number of aromatic nitrogens is 2. The van der Waals surface area contributed by atoms with Crippen molar-refractivity contribution in [2.45, 2.75) is 33.4 Å². The van der Waals surface area contributed by atoms with Crippen molar-refractivity contribution in [3.8, 4) is 5.75 Å². The molecule has 2 rings (SSSR count). The maximum Gasteiger partial charge on any atom is 0.315 e. The number of carbonyl (C=O) groups is 1. The van der Waals surface area contributed by atoms with Crippen molar-refractivity contribution >= 4 is 6.03 Å². The highest BCUT2D eigenvalue weighted by atomic mass is 16.5. The zero-order valence-corrected chi connectivity index (χ0v) is 13.9. The summed E-state index contributed by atoms with van der Waals surface area (Å²) in [7, 11) is 1.63. The summed E-state index contributed by atoms with van der Waals surface area (Å²) in [4.78, 5) is 11.8. The Morgan fingerprint density at radius 1 is 1.26 bits per heavy atom. The summed E-state index contributed by atoms with van der Waals surface area (Å²) in [5.74, 6) is 0.787. The first-order valence-electron chi connectivity index (χ1n) is 7.74. The van der Waals surface area contributed by atoms with E-state index in [0.717, 1.165) is 35.7 Å². The van der Waals surface area contributed by atoms with Gasteiger partial charge in [-0.15, -0.1) is 0 Å². The molecule has 0 aliphatic heterocycles. The topological polar surface area (TPSA) is 68.2 Å². The average molecular weight is 316 g/mol. The minimum Gasteiger partial charge on any atom is -0.497 e. The molecule has 23 heavy (non-hydrogen) atoms. The van der Waals surface area contributed by atoms with Crippen molar-refractivity contribution < 1.29 is 9.53 Å². The van der Waals surface area contributed by atoms with Crippen LogP contribution in [-0.4, -0.2) is 29.5 Å². The van der Waals surface area contributed by atoms with Crippen LogP contribution >= 0.6 is 0 Å². The van der Waals surface area contributed by atoms with E-state index < -0.39 is 0 Å². The first kappa shape index (κ1) is 16.9. The third-order valence-electron chi connectivity index (χ3n) is 3.52. The van der Waals surface area contributed by atoms with Gasteiger partial charge in [0.05, 0.1) is 12.8 Å². The van der Waals surface area contributed by atoms with Gasteiger partial charge in [-0.3, -0.25) is 4.68 Å². The highest BCUT2D eigenvalue weighted by molar-refractivity contribution is 5.73. The predicted molar refractivity (Wildman–Crippen MR) is 89.6 cm³/mol. The molecule has 0 unspecified atom stereocenters. The molecule has 0 radical (unpaired) electrons. The van der Waals surface area contributed by atoms with Gasteiger partial charge in [-0.25, -0.2) is 4.79 Å². The molecule has 0 saturated carbocycles. The van der Waals surface area contributed by atoms with Crippen LogP contribution < -0.4 is 15.4 Å². The van der Waals surface area contributed by atoms with Gasteiger partial charge in [-0.05, 0) is 44.0 Å². The Labute approximate surface area is 136 Å². The van der Waals surface area contributed by atoms with E-state index in [-0.39, 0.29) is 6.03 Å². The summed E-state index contributed by atoms with van der Waals surface area (Å²) >= 11 is 0. The summed E-state index contributed by atoms with van der Waals surface area (Å²) in [6.07, 6.45) is 0.842. The van der Waals surface area contributed by atoms with Crippen molar-refractivity contribution in [2.75, 3.05) is 13.7 Å². The van der Waals surface area contributed by atoms with E-state index in [2.05, 4.69) is 15.7 Å². The fourth-order valence-corrected chi connectivity index (χ4v) is 2.36. The fraction of sp³-hybridized carbons (Fsp3) is 0.412. The van der Waals surface area contributed by atoms with Crippen molar-refractivity contribution in [3.05, 3.63) is 47.3 Å². The summed E-state index contributed by atoms with van der Waals surface area (Å²) in [5, 5.41) is 10.1. The zero-order chi connectivity index (χ0) is 16.7. The SMILES string of the molecule is COc1cccc(CNC(=O)NCCCn2nc(C)cc2C)c1. The molecule has 0 atom stereocenters. The molecular formula is C17H24N4O2. The van der Waals surface area contributed by atoms with Gasteiger partial charge in [-0.2, -0.15) is 5.10 Å². The van der Waals surface area contributed by atoms with Crippen LogP contribution in [0.2, 0.25) is 0 Å². The summed E-state index contributed by atoms with van der Waals surface area (Å²) in [6, 6.07) is 9.52. The van der Waals surface area contributed by atoms with E-state index >= 15 is 0 Å². The van der Waals surface area contributed by atoms with Crippen molar-refractivity contribution in [3.63, 3.8) is 0 Å². The van der Waals surface area contributed by atoms with Crippen molar-refractivity contribution in [2.24, 2.45) is 0 Å². The third-order valence-corrected chi connectivity index (χ3v) is 3.52. The number of methoxy groups -OCH3 is 1. The molecule has 0 aliphatic carbocycles. The molecule has 6 nitrogen and oxygen atoms in total. The van der Waals surface area contributed by atoms with Crippen molar-refractivity contribution in [1.82, 2.24) is 20.4 Å². The molecule has 2 aromatic rings. The molecule has 2 N–H and O–H groups in total. The lowest BCUT2D eigenvalue weighted by molar-refractivity contribution is 0.240. The molecule has 0 spiro atoms. The normalized spacial score (nSPS) is 10.4. The fourth-order valence-electron chi connectivity index (χ4n) is 2.36. The number of amides is 2. The zero-order valence-electron chi connectivity index (χ0n) is 13.9. The standard InChI is InChI=1S/C17H24N4O2/c1-13-10-14(2)21(20-13)9-5-8-18-17(22)19-12-15-6-4-7-16(11-15)23-3/h4,6-7,10-11H,5,8-9,12H2,1-3H3,(H2,18,19,22). The smallest absolute Gasteiger partial charge is 0.315 e. The molecule has 0 saturated heterocycles. The Hall–Kier alpha value is -2.50. The molecule has 0 bridgehead atoms. The lowest BCUT2D eigenvalue weighted by atomic mass is 10.2. The monoisotopic (exact) mass is 316 g/mol. The van der Waals surface area contributed by atoms with E-state index in [1.54, 1.807) is 7.11 Å². The van der Waals surface area contributed by atoms with Crippen LogP contribution in [0.25, 0.3) is 0 Å². The van der Waals surface area contributed by atoms with E-state index in [1.807, 2.05) is 48.9 Å². The number of hydrogen-bond donors (Lipinski definition) is 2. The molecule has 1 aromatic carbocycles. The second-order valence-corrected chi connectivity index (χ2v) is 5.46. The molecule has 6 heteroatoms. The van der Waals surface area contributed by atoms with Crippen LogP contribution in [0.1, 0.15) is 23.4 Å². The van der Waals surface area contributed by atoms with Crippen LogP contribution in [0.4, 0.5) is 4.79 Å². The maximum absolute atomic E-state index is 11.8. The van der Waals surface area contributed by atoms with Gasteiger partial charge >= 0.3 is 6.03 Å². The lowest BCUT2D eigenvalue weighted by Gasteiger charge is -2.09. The van der Waals surface area contributed by atoms with Gasteiger partial charge in [0.25, 0.3) is 0 Å². The predicted octanol–water partition coefficient (Wildman–Crippen LogP) is 2.40. The molecule has 124 valence electrons. The van der Waals surface area contributed by atoms with Crippen molar-refractivity contribution in [1.29, 1.82) is 0 Å². The number of nitrogens with one attached hydrogen (secondary N) is 2. The number of benzene rings is 1. The van der Waals surface area contributed by atoms with Gasteiger partial charge in [0.1, 0.15) is 5.75 Å². The van der Waals surface area contributed by atoms with Gasteiger partial charge < -0.3 is 15.4 Å². The number of nitrogens with zero attached hydrogens (tertiary/aromatic N) is 2. The van der Waals surface area contributed by atoms with E-state index in [4.69, 9.17) is 4.74 Å². The summed E-state index contributed by atoms with van der Waals surface area (Å²) in [5.41, 5.74) is 3.17. The van der Waals surface area contributed by atoms with E-state index in [0.29, 0.717) is 13.1 Å².